The molecule has 1 aliphatic heterocycles. The second kappa shape index (κ2) is 6.96. The van der Waals surface area contributed by atoms with E-state index in [-0.39, 0.29) is 23.1 Å². The number of nitrogens with zero attached hydrogens (tertiary/aromatic N) is 2. The lowest BCUT2D eigenvalue weighted by Crippen LogP contribution is -2.34. The van der Waals surface area contributed by atoms with Crippen molar-refractivity contribution in [1.29, 1.82) is 0 Å². The number of pyridine rings is 2. The Bertz CT molecular complexity index is 967. The monoisotopic (exact) mass is 345 g/mol. The molecule has 1 unspecified atom stereocenters. The molecule has 26 heavy (non-hydrogen) atoms. The molecule has 0 radical (unpaired) electrons. The summed E-state index contributed by atoms with van der Waals surface area (Å²) >= 11 is 0. The average Bonchev–Trinajstić information content (AvgIpc) is 3.19. The number of H-pyrrole nitrogens is 1. The highest BCUT2D eigenvalue weighted by molar-refractivity contribution is 5.94. The second-order valence-corrected chi connectivity index (χ2v) is 6.42. The molecule has 0 bridgehead atoms. The summed E-state index contributed by atoms with van der Waals surface area (Å²) in [4.78, 5) is 34.3. The molecule has 0 aliphatic carbocycles. The number of hydrogen-bond acceptors (Lipinski definition) is 3. The van der Waals surface area contributed by atoms with E-state index in [0.29, 0.717) is 12.2 Å². The minimum Gasteiger partial charge on any atom is -0.331 e. The molecule has 0 saturated carbocycles. The number of benzene rings is 1. The Balaban J connectivity index is 1.63. The molecule has 130 valence electrons. The van der Waals surface area contributed by atoms with Crippen LogP contribution in [0.3, 0.4) is 0 Å². The zero-order chi connectivity index (χ0) is 17.9. The third-order valence-corrected chi connectivity index (χ3v) is 4.81. The fraction of sp³-hybridized carbons (Fsp3) is 0.190. The van der Waals surface area contributed by atoms with E-state index in [4.69, 9.17) is 0 Å². The van der Waals surface area contributed by atoms with Crippen LogP contribution in [0.2, 0.25) is 0 Å². The smallest absolute Gasteiger partial charge is 0.261 e. The number of likely N-dealkylation sites (tertiary alicyclic amines) is 1. The molecule has 3 aromatic rings. The molecule has 5 heteroatoms. The van der Waals surface area contributed by atoms with Gasteiger partial charge in [-0.05, 0) is 42.2 Å². The number of nitrogens with one attached hydrogen (secondary N) is 1. The number of hydrogen-bond donors (Lipinski definition) is 1. The van der Waals surface area contributed by atoms with Gasteiger partial charge in [0.05, 0.1) is 6.04 Å². The van der Waals surface area contributed by atoms with Crippen molar-refractivity contribution in [2.45, 2.75) is 18.9 Å². The van der Waals surface area contributed by atoms with Gasteiger partial charge in [0.2, 0.25) is 0 Å². The van der Waals surface area contributed by atoms with Crippen LogP contribution in [-0.2, 0) is 0 Å². The lowest BCUT2D eigenvalue weighted by Gasteiger charge is -2.24. The molecule has 5 nitrogen and oxygen atoms in total. The van der Waals surface area contributed by atoms with E-state index in [1.54, 1.807) is 29.4 Å². The first kappa shape index (κ1) is 16.3. The summed E-state index contributed by atoms with van der Waals surface area (Å²) in [5, 5.41) is 0. The van der Waals surface area contributed by atoms with E-state index in [1.165, 1.54) is 0 Å². The summed E-state index contributed by atoms with van der Waals surface area (Å²) in [6.45, 7) is 0.651. The van der Waals surface area contributed by atoms with Gasteiger partial charge in [-0.2, -0.15) is 0 Å². The molecule has 1 N–H and O–H groups in total. The molecule has 3 heterocycles. The highest BCUT2D eigenvalue weighted by Gasteiger charge is 2.31. The fourth-order valence-electron chi connectivity index (χ4n) is 3.51. The van der Waals surface area contributed by atoms with Crippen LogP contribution in [0.1, 0.15) is 34.8 Å². The number of amides is 1. The zero-order valence-electron chi connectivity index (χ0n) is 14.3. The predicted octanol–water partition coefficient (Wildman–Crippen LogP) is 3.41. The van der Waals surface area contributed by atoms with Gasteiger partial charge < -0.3 is 9.88 Å². The van der Waals surface area contributed by atoms with Gasteiger partial charge in [0, 0.05) is 24.6 Å². The van der Waals surface area contributed by atoms with E-state index >= 15 is 0 Å². The Kier molecular flexibility index (Phi) is 4.35. The van der Waals surface area contributed by atoms with Crippen LogP contribution in [-0.4, -0.2) is 27.3 Å². The Morgan fingerprint density at radius 1 is 1.08 bits per heavy atom. The molecule has 1 saturated heterocycles. The van der Waals surface area contributed by atoms with Crippen molar-refractivity contribution in [3.8, 4) is 11.3 Å². The normalized spacial score (nSPS) is 16.6. The molecule has 2 aromatic heterocycles. The summed E-state index contributed by atoms with van der Waals surface area (Å²) in [6.07, 6.45) is 5.32. The van der Waals surface area contributed by atoms with E-state index in [0.717, 1.165) is 24.0 Å². The molecule has 4 rings (SSSR count). The van der Waals surface area contributed by atoms with Crippen LogP contribution in [0.15, 0.2) is 71.8 Å². The van der Waals surface area contributed by atoms with E-state index in [1.807, 2.05) is 42.5 Å². The van der Waals surface area contributed by atoms with Crippen molar-refractivity contribution in [3.63, 3.8) is 0 Å². The molecular weight excluding hydrogens is 326 g/mol. The number of aromatic amines is 1. The third kappa shape index (κ3) is 3.04. The van der Waals surface area contributed by atoms with Crippen molar-refractivity contribution in [3.05, 3.63) is 88.5 Å². The van der Waals surface area contributed by atoms with Crippen LogP contribution in [0.4, 0.5) is 0 Å². The molecule has 0 spiro atoms. The maximum atomic E-state index is 13.0. The van der Waals surface area contributed by atoms with Crippen LogP contribution in [0.5, 0.6) is 0 Å². The fourth-order valence-corrected chi connectivity index (χ4v) is 3.51. The number of aromatic nitrogens is 2. The van der Waals surface area contributed by atoms with Gasteiger partial charge in [0.1, 0.15) is 5.56 Å². The van der Waals surface area contributed by atoms with Crippen LogP contribution < -0.4 is 5.56 Å². The van der Waals surface area contributed by atoms with E-state index in [2.05, 4.69) is 9.97 Å². The first-order valence-corrected chi connectivity index (χ1v) is 8.73. The van der Waals surface area contributed by atoms with Gasteiger partial charge in [-0.1, -0.05) is 36.4 Å². The first-order chi connectivity index (χ1) is 12.7. The average molecular weight is 345 g/mol. The molecule has 1 aromatic carbocycles. The highest BCUT2D eigenvalue weighted by Crippen LogP contribution is 2.32. The summed E-state index contributed by atoms with van der Waals surface area (Å²) < 4.78 is 0. The van der Waals surface area contributed by atoms with Gasteiger partial charge in [0.15, 0.2) is 0 Å². The summed E-state index contributed by atoms with van der Waals surface area (Å²) in [7, 11) is 0. The van der Waals surface area contributed by atoms with Gasteiger partial charge in [-0.3, -0.25) is 14.6 Å². The van der Waals surface area contributed by atoms with E-state index < -0.39 is 0 Å². The Morgan fingerprint density at radius 2 is 1.92 bits per heavy atom. The van der Waals surface area contributed by atoms with E-state index in [9.17, 15) is 9.59 Å². The summed E-state index contributed by atoms with van der Waals surface area (Å²) in [5.41, 5.74) is 2.46. The molecule has 1 amide bonds. The number of carbonyl (C=O) groups is 1. The Hall–Kier alpha value is -3.21. The SMILES string of the molecule is O=C(c1ccc(-c2ccccc2)[nH]c1=O)N1CCCC1c1cccnc1. The zero-order valence-corrected chi connectivity index (χ0v) is 14.3. The third-order valence-electron chi connectivity index (χ3n) is 4.81. The maximum Gasteiger partial charge on any atom is 0.261 e. The van der Waals surface area contributed by atoms with Gasteiger partial charge in [-0.25, -0.2) is 0 Å². The van der Waals surface area contributed by atoms with Crippen molar-refractivity contribution >= 4 is 5.91 Å². The van der Waals surface area contributed by atoms with Crippen molar-refractivity contribution in [2.75, 3.05) is 6.54 Å². The Labute approximate surface area is 151 Å². The van der Waals surface area contributed by atoms with Crippen molar-refractivity contribution < 1.29 is 4.79 Å². The highest BCUT2D eigenvalue weighted by atomic mass is 16.2. The van der Waals surface area contributed by atoms with Crippen molar-refractivity contribution in [2.24, 2.45) is 0 Å². The van der Waals surface area contributed by atoms with Gasteiger partial charge >= 0.3 is 0 Å². The van der Waals surface area contributed by atoms with Crippen LogP contribution in [0, 0.1) is 0 Å². The van der Waals surface area contributed by atoms with Crippen LogP contribution >= 0.6 is 0 Å². The standard InChI is InChI=1S/C21H19N3O2/c25-20-17(10-11-18(23-20)15-6-2-1-3-7-15)21(26)24-13-5-9-19(24)16-8-4-12-22-14-16/h1-4,6-8,10-12,14,19H,5,9,13H2,(H,23,25). The second-order valence-electron chi connectivity index (χ2n) is 6.42. The minimum atomic E-state index is -0.354. The first-order valence-electron chi connectivity index (χ1n) is 8.73. The lowest BCUT2D eigenvalue weighted by atomic mass is 10.1. The summed E-state index contributed by atoms with van der Waals surface area (Å²) in [6, 6.07) is 16.8. The molecule has 1 fully saturated rings. The topological polar surface area (TPSA) is 66.1 Å². The maximum absolute atomic E-state index is 13.0. The van der Waals surface area contributed by atoms with Gasteiger partial charge in [0.25, 0.3) is 11.5 Å². The predicted molar refractivity (Wildman–Crippen MR) is 99.7 cm³/mol. The quantitative estimate of drug-likeness (QED) is 0.791. The number of carbonyl (C=O) groups excluding carboxylic acids is 1. The lowest BCUT2D eigenvalue weighted by molar-refractivity contribution is 0.0733. The molecule has 1 atom stereocenters. The number of rotatable bonds is 3. The Morgan fingerprint density at radius 3 is 2.65 bits per heavy atom. The molecule has 1 aliphatic rings. The minimum absolute atomic E-state index is 0.0237. The van der Waals surface area contributed by atoms with Gasteiger partial charge in [-0.15, -0.1) is 0 Å². The largest absolute Gasteiger partial charge is 0.331 e. The molecular formula is C21H19N3O2. The van der Waals surface area contributed by atoms with Crippen molar-refractivity contribution in [1.82, 2.24) is 14.9 Å². The van der Waals surface area contributed by atoms with Crippen LogP contribution in [0.25, 0.3) is 11.3 Å². The summed E-state index contributed by atoms with van der Waals surface area (Å²) in [5.74, 6) is -0.225.